The fourth-order valence-corrected chi connectivity index (χ4v) is 3.55. The van der Waals surface area contributed by atoms with Crippen molar-refractivity contribution < 1.29 is 9.53 Å². The monoisotopic (exact) mass is 363 g/mol. The van der Waals surface area contributed by atoms with Gasteiger partial charge < -0.3 is 10.1 Å². The lowest BCUT2D eigenvalue weighted by Gasteiger charge is -2.13. The third kappa shape index (κ3) is 4.67. The number of nitrogens with one attached hydrogen (secondary N) is 1. The van der Waals surface area contributed by atoms with Gasteiger partial charge in [0.25, 0.3) is 5.91 Å². The van der Waals surface area contributed by atoms with Gasteiger partial charge >= 0.3 is 0 Å². The van der Waals surface area contributed by atoms with Crippen LogP contribution in [0.5, 0.6) is 5.75 Å². The lowest BCUT2D eigenvalue weighted by molar-refractivity contribution is -0.118. The Balaban J connectivity index is 1.66. The number of hydrogen-bond acceptors (Lipinski definition) is 3. The molecule has 0 radical (unpaired) electrons. The second kappa shape index (κ2) is 8.59. The topological polar surface area (TPSA) is 38.3 Å². The number of anilines is 1. The third-order valence-electron chi connectivity index (χ3n) is 3.89. The maximum Gasteiger partial charge on any atom is 0.262 e. The van der Waals surface area contributed by atoms with Crippen LogP contribution in [0.15, 0.2) is 82.6 Å². The molecule has 0 bridgehead atoms. The summed E-state index contributed by atoms with van der Waals surface area (Å²) in [5, 5.41) is 2.96. The van der Waals surface area contributed by atoms with Crippen molar-refractivity contribution in [2.24, 2.45) is 0 Å². The average Bonchev–Trinajstić information content (AvgIpc) is 2.64. The number of carbonyl (C=O) groups is 1. The molecule has 4 heteroatoms. The van der Waals surface area contributed by atoms with Crippen molar-refractivity contribution in [3.8, 4) is 5.75 Å². The van der Waals surface area contributed by atoms with E-state index in [4.69, 9.17) is 4.74 Å². The maximum atomic E-state index is 12.4. The minimum absolute atomic E-state index is 0.0178. The van der Waals surface area contributed by atoms with Gasteiger partial charge in [0.2, 0.25) is 0 Å². The summed E-state index contributed by atoms with van der Waals surface area (Å²) in [6.45, 7) is 3.94. The van der Waals surface area contributed by atoms with Crippen molar-refractivity contribution in [1.82, 2.24) is 0 Å². The molecule has 0 atom stereocenters. The van der Waals surface area contributed by atoms with E-state index in [2.05, 4.69) is 5.32 Å². The minimum atomic E-state index is -0.172. The molecule has 3 rings (SSSR count). The predicted octanol–water partition coefficient (Wildman–Crippen LogP) is 5.47. The predicted molar refractivity (Wildman–Crippen MR) is 107 cm³/mol. The summed E-state index contributed by atoms with van der Waals surface area (Å²) in [6, 6.07) is 23.8. The summed E-state index contributed by atoms with van der Waals surface area (Å²) < 4.78 is 5.74. The molecule has 0 fully saturated rings. The molecule has 132 valence electrons. The normalized spacial score (nSPS) is 10.4. The van der Waals surface area contributed by atoms with Crippen LogP contribution in [-0.4, -0.2) is 12.5 Å². The Morgan fingerprint density at radius 3 is 2.27 bits per heavy atom. The SMILES string of the molecule is Cc1cccc(C)c1OCC(=O)Nc1ccccc1Sc1ccccc1. The largest absolute Gasteiger partial charge is 0.483 e. The first-order valence-corrected chi connectivity index (χ1v) is 9.26. The highest BCUT2D eigenvalue weighted by atomic mass is 32.2. The number of para-hydroxylation sites is 2. The molecule has 26 heavy (non-hydrogen) atoms. The van der Waals surface area contributed by atoms with Crippen LogP contribution < -0.4 is 10.1 Å². The Labute approximate surface area is 158 Å². The van der Waals surface area contributed by atoms with Gasteiger partial charge in [-0.2, -0.15) is 0 Å². The van der Waals surface area contributed by atoms with Gasteiger partial charge in [0.05, 0.1) is 5.69 Å². The quantitative estimate of drug-likeness (QED) is 0.631. The molecule has 0 saturated carbocycles. The number of aryl methyl sites for hydroxylation is 2. The Hall–Kier alpha value is -2.72. The Morgan fingerprint density at radius 2 is 1.54 bits per heavy atom. The summed E-state index contributed by atoms with van der Waals surface area (Å²) >= 11 is 1.62. The lowest BCUT2D eigenvalue weighted by atomic mass is 10.1. The first kappa shape index (κ1) is 18.1. The first-order valence-electron chi connectivity index (χ1n) is 8.44. The van der Waals surface area contributed by atoms with E-state index in [1.165, 1.54) is 0 Å². The zero-order valence-corrected chi connectivity index (χ0v) is 15.7. The van der Waals surface area contributed by atoms with Crippen LogP contribution in [0, 0.1) is 13.8 Å². The van der Waals surface area contributed by atoms with Crippen LogP contribution in [0.1, 0.15) is 11.1 Å². The van der Waals surface area contributed by atoms with E-state index < -0.39 is 0 Å². The van der Waals surface area contributed by atoms with E-state index in [1.54, 1.807) is 11.8 Å². The maximum absolute atomic E-state index is 12.4. The number of hydrogen-bond donors (Lipinski definition) is 1. The van der Waals surface area contributed by atoms with E-state index >= 15 is 0 Å². The third-order valence-corrected chi connectivity index (χ3v) is 4.97. The second-order valence-electron chi connectivity index (χ2n) is 5.97. The fourth-order valence-electron chi connectivity index (χ4n) is 2.63. The smallest absolute Gasteiger partial charge is 0.262 e. The van der Waals surface area contributed by atoms with Crippen LogP contribution in [0.3, 0.4) is 0 Å². The molecule has 3 aromatic carbocycles. The van der Waals surface area contributed by atoms with Gasteiger partial charge in [-0.3, -0.25) is 4.79 Å². The van der Waals surface area contributed by atoms with Crippen molar-refractivity contribution in [3.63, 3.8) is 0 Å². The van der Waals surface area contributed by atoms with Gasteiger partial charge in [-0.1, -0.05) is 60.3 Å². The van der Waals surface area contributed by atoms with E-state index in [0.29, 0.717) is 0 Å². The van der Waals surface area contributed by atoms with E-state index in [-0.39, 0.29) is 12.5 Å². The van der Waals surface area contributed by atoms with E-state index in [9.17, 15) is 4.79 Å². The summed E-state index contributed by atoms with van der Waals surface area (Å²) in [5.41, 5.74) is 2.84. The van der Waals surface area contributed by atoms with Gasteiger partial charge in [-0.15, -0.1) is 0 Å². The van der Waals surface area contributed by atoms with Crippen LogP contribution >= 0.6 is 11.8 Å². The molecule has 0 unspecified atom stereocenters. The number of ether oxygens (including phenoxy) is 1. The molecule has 3 aromatic rings. The average molecular weight is 363 g/mol. The molecule has 0 aromatic heterocycles. The molecular formula is C22H21NO2S. The Bertz CT molecular complexity index is 873. The van der Waals surface area contributed by atoms with Crippen molar-refractivity contribution in [2.45, 2.75) is 23.6 Å². The molecule has 3 nitrogen and oxygen atoms in total. The Morgan fingerprint density at radius 1 is 0.885 bits per heavy atom. The van der Waals surface area contributed by atoms with Crippen LogP contribution in [0.25, 0.3) is 0 Å². The van der Waals surface area contributed by atoms with Crippen LogP contribution in [0.2, 0.25) is 0 Å². The first-order chi connectivity index (χ1) is 12.6. The molecule has 0 aliphatic heterocycles. The van der Waals surface area contributed by atoms with E-state index in [0.717, 1.165) is 32.4 Å². The summed E-state index contributed by atoms with van der Waals surface area (Å²) in [4.78, 5) is 14.5. The van der Waals surface area contributed by atoms with Crippen molar-refractivity contribution in [3.05, 3.63) is 83.9 Å². The molecule has 0 saturated heterocycles. The van der Waals surface area contributed by atoms with Gasteiger partial charge in [-0.05, 0) is 49.2 Å². The summed E-state index contributed by atoms with van der Waals surface area (Å²) in [6.07, 6.45) is 0. The van der Waals surface area contributed by atoms with Crippen molar-refractivity contribution in [1.29, 1.82) is 0 Å². The fraction of sp³-hybridized carbons (Fsp3) is 0.136. The number of amides is 1. The lowest BCUT2D eigenvalue weighted by Crippen LogP contribution is -2.21. The van der Waals surface area contributed by atoms with Crippen LogP contribution in [-0.2, 0) is 4.79 Å². The van der Waals surface area contributed by atoms with Gasteiger partial charge in [0.15, 0.2) is 6.61 Å². The highest BCUT2D eigenvalue weighted by Crippen LogP contribution is 2.33. The van der Waals surface area contributed by atoms with Gasteiger partial charge in [0, 0.05) is 9.79 Å². The molecule has 0 aliphatic carbocycles. The number of carbonyl (C=O) groups excluding carboxylic acids is 1. The highest BCUT2D eigenvalue weighted by Gasteiger charge is 2.10. The minimum Gasteiger partial charge on any atom is -0.483 e. The van der Waals surface area contributed by atoms with Crippen molar-refractivity contribution in [2.75, 3.05) is 11.9 Å². The van der Waals surface area contributed by atoms with Crippen molar-refractivity contribution >= 4 is 23.4 Å². The van der Waals surface area contributed by atoms with Gasteiger partial charge in [-0.25, -0.2) is 0 Å². The number of benzene rings is 3. The van der Waals surface area contributed by atoms with Gasteiger partial charge in [0.1, 0.15) is 5.75 Å². The Kier molecular flexibility index (Phi) is 5.97. The van der Waals surface area contributed by atoms with E-state index in [1.807, 2.05) is 86.6 Å². The summed E-state index contributed by atoms with van der Waals surface area (Å²) in [7, 11) is 0. The molecule has 0 heterocycles. The molecular weight excluding hydrogens is 342 g/mol. The molecule has 0 spiro atoms. The highest BCUT2D eigenvalue weighted by molar-refractivity contribution is 7.99. The van der Waals surface area contributed by atoms with Crippen LogP contribution in [0.4, 0.5) is 5.69 Å². The molecule has 1 amide bonds. The standard InChI is InChI=1S/C22H21NO2S/c1-16-9-8-10-17(2)22(16)25-15-21(24)23-19-13-6-7-14-20(19)26-18-11-4-3-5-12-18/h3-14H,15H2,1-2H3,(H,23,24). The zero-order chi connectivity index (χ0) is 18.4. The summed E-state index contributed by atoms with van der Waals surface area (Å²) in [5.74, 6) is 0.600. The number of rotatable bonds is 6. The second-order valence-corrected chi connectivity index (χ2v) is 7.08. The molecule has 1 N–H and O–H groups in total. The zero-order valence-electron chi connectivity index (χ0n) is 14.9. The molecule has 0 aliphatic rings.